The van der Waals surface area contributed by atoms with Gasteiger partial charge in [0.05, 0.1) is 31.1 Å². The summed E-state index contributed by atoms with van der Waals surface area (Å²) in [5.41, 5.74) is 5.34. The van der Waals surface area contributed by atoms with Crippen LogP contribution in [0.15, 0.2) is 66.9 Å². The first kappa shape index (κ1) is 23.2. The van der Waals surface area contributed by atoms with Gasteiger partial charge in [-0.05, 0) is 61.0 Å². The molecule has 1 atom stereocenters. The molecule has 0 unspecified atom stereocenters. The number of anilines is 1. The molecular formula is C28H27ClN4O2S. The number of thiophene rings is 1. The van der Waals surface area contributed by atoms with E-state index in [4.69, 9.17) is 16.3 Å². The number of hydrogen-bond acceptors (Lipinski definition) is 4. The van der Waals surface area contributed by atoms with Gasteiger partial charge in [-0.15, -0.1) is 11.3 Å². The number of likely N-dealkylation sites (N-methyl/N-ethyl adjacent to an activating group) is 1. The summed E-state index contributed by atoms with van der Waals surface area (Å²) in [6.07, 6.45) is 3.10. The van der Waals surface area contributed by atoms with Crippen molar-refractivity contribution in [1.29, 1.82) is 0 Å². The molecule has 0 aliphatic carbocycles. The van der Waals surface area contributed by atoms with Crippen molar-refractivity contribution in [2.45, 2.75) is 25.6 Å². The molecule has 4 heterocycles. The van der Waals surface area contributed by atoms with Crippen LogP contribution in [-0.2, 0) is 19.5 Å². The number of methoxy groups -OCH3 is 1. The molecule has 8 heteroatoms. The van der Waals surface area contributed by atoms with Crippen LogP contribution in [0.5, 0.6) is 5.75 Å². The quantitative estimate of drug-likeness (QED) is 0.345. The smallest absolute Gasteiger partial charge is 0.323 e. The third-order valence-corrected chi connectivity index (χ3v) is 8.56. The number of carbonyl (C=O) groups is 1. The summed E-state index contributed by atoms with van der Waals surface area (Å²) >= 11 is 8.08. The minimum Gasteiger partial charge on any atom is -0.495 e. The molecule has 0 saturated carbocycles. The number of carbonyl (C=O) groups excluding carboxylic acids is 1. The van der Waals surface area contributed by atoms with Crippen LogP contribution in [0.1, 0.15) is 33.3 Å². The van der Waals surface area contributed by atoms with Crippen LogP contribution in [0.3, 0.4) is 0 Å². The maximum absolute atomic E-state index is 14.0. The molecule has 2 aromatic heterocycles. The number of rotatable bonds is 3. The highest BCUT2D eigenvalue weighted by Crippen LogP contribution is 2.43. The van der Waals surface area contributed by atoms with Gasteiger partial charge in [0.2, 0.25) is 0 Å². The molecule has 36 heavy (non-hydrogen) atoms. The lowest BCUT2D eigenvalue weighted by atomic mass is 10.0. The third kappa shape index (κ3) is 3.97. The Morgan fingerprint density at radius 1 is 1.06 bits per heavy atom. The van der Waals surface area contributed by atoms with Crippen molar-refractivity contribution in [2.75, 3.05) is 26.0 Å². The molecular weight excluding hydrogens is 492 g/mol. The number of aromatic nitrogens is 1. The van der Waals surface area contributed by atoms with Gasteiger partial charge in [0.15, 0.2) is 0 Å². The standard InChI is InChI=1S/C28H27ClN4O2S/c1-31-15-13-20-21-16-33(28(34)30-22-6-3-4-8-24(22)35-2)26(18-9-11-19(29)12-10-18)23-7-5-14-32(23)27(21)36-25(20)17-31/h3-12,14,26H,13,15-17H2,1-2H3,(H,30,34)/t26-/m1/s1. The number of urea groups is 1. The molecule has 0 fully saturated rings. The zero-order valence-corrected chi connectivity index (χ0v) is 21.8. The van der Waals surface area contributed by atoms with E-state index in [1.54, 1.807) is 7.11 Å². The lowest BCUT2D eigenvalue weighted by Gasteiger charge is -2.32. The maximum Gasteiger partial charge on any atom is 0.323 e. The van der Waals surface area contributed by atoms with Crippen LogP contribution in [-0.4, -0.2) is 41.1 Å². The number of amides is 2. The first-order valence-electron chi connectivity index (χ1n) is 12.0. The van der Waals surface area contributed by atoms with E-state index < -0.39 is 0 Å². The Hall–Kier alpha value is -3.26. The summed E-state index contributed by atoms with van der Waals surface area (Å²) < 4.78 is 7.77. The van der Waals surface area contributed by atoms with Crippen LogP contribution in [0.25, 0.3) is 5.00 Å². The first-order valence-corrected chi connectivity index (χ1v) is 13.2. The van der Waals surface area contributed by atoms with Crippen LogP contribution in [0.2, 0.25) is 5.02 Å². The Kier molecular flexibility index (Phi) is 5.99. The number of fused-ring (bicyclic) bond motifs is 5. The minimum atomic E-state index is -0.284. The van der Waals surface area contributed by atoms with Crippen molar-refractivity contribution < 1.29 is 9.53 Å². The summed E-state index contributed by atoms with van der Waals surface area (Å²) in [4.78, 5) is 19.7. The fraction of sp³-hybridized carbons (Fsp3) is 0.250. The maximum atomic E-state index is 14.0. The molecule has 0 bridgehead atoms. The molecule has 0 spiro atoms. The lowest BCUT2D eigenvalue weighted by molar-refractivity contribution is 0.194. The number of nitrogens with one attached hydrogen (secondary N) is 1. The van der Waals surface area contributed by atoms with Crippen LogP contribution in [0.4, 0.5) is 10.5 Å². The Morgan fingerprint density at radius 2 is 1.86 bits per heavy atom. The number of ether oxygens (including phenoxy) is 1. The van der Waals surface area contributed by atoms with Crippen LogP contribution < -0.4 is 10.1 Å². The Morgan fingerprint density at radius 3 is 2.67 bits per heavy atom. The number of halogens is 1. The second-order valence-corrected chi connectivity index (χ2v) is 10.8. The Balaban J connectivity index is 1.49. The zero-order valence-electron chi connectivity index (χ0n) is 20.2. The van der Waals surface area contributed by atoms with Crippen molar-refractivity contribution in [3.05, 3.63) is 99.1 Å². The molecule has 6 nitrogen and oxygen atoms in total. The molecule has 4 aromatic rings. The summed E-state index contributed by atoms with van der Waals surface area (Å²) in [6.45, 7) is 2.47. The number of nitrogens with zero attached hydrogens (tertiary/aromatic N) is 3. The normalized spacial score (nSPS) is 17.1. The monoisotopic (exact) mass is 518 g/mol. The summed E-state index contributed by atoms with van der Waals surface area (Å²) in [6, 6.07) is 19.0. The van der Waals surface area contributed by atoms with E-state index in [1.807, 2.05) is 64.8 Å². The van der Waals surface area contributed by atoms with Gasteiger partial charge in [-0.2, -0.15) is 0 Å². The van der Waals surface area contributed by atoms with E-state index in [-0.39, 0.29) is 12.1 Å². The Bertz CT molecular complexity index is 1430. The predicted octanol–water partition coefficient (Wildman–Crippen LogP) is 6.33. The van der Waals surface area contributed by atoms with Gasteiger partial charge in [0, 0.05) is 34.7 Å². The molecule has 0 radical (unpaired) electrons. The summed E-state index contributed by atoms with van der Waals surface area (Å²) in [7, 11) is 3.78. The van der Waals surface area contributed by atoms with E-state index in [0.29, 0.717) is 23.0 Å². The highest BCUT2D eigenvalue weighted by molar-refractivity contribution is 7.15. The summed E-state index contributed by atoms with van der Waals surface area (Å²) in [5.74, 6) is 0.628. The van der Waals surface area contributed by atoms with Crippen molar-refractivity contribution in [2.24, 2.45) is 0 Å². The van der Waals surface area contributed by atoms with E-state index in [0.717, 1.165) is 30.8 Å². The van der Waals surface area contributed by atoms with Crippen molar-refractivity contribution in [3.8, 4) is 10.8 Å². The second-order valence-electron chi connectivity index (χ2n) is 9.29. The van der Waals surface area contributed by atoms with E-state index in [1.165, 1.54) is 21.0 Å². The average Bonchev–Trinajstić information content (AvgIpc) is 3.46. The van der Waals surface area contributed by atoms with Gasteiger partial charge < -0.3 is 24.4 Å². The van der Waals surface area contributed by atoms with Gasteiger partial charge in [-0.25, -0.2) is 4.79 Å². The number of benzene rings is 2. The lowest BCUT2D eigenvalue weighted by Crippen LogP contribution is -2.38. The van der Waals surface area contributed by atoms with E-state index >= 15 is 0 Å². The molecule has 184 valence electrons. The van der Waals surface area contributed by atoms with Gasteiger partial charge in [-0.3, -0.25) is 0 Å². The van der Waals surface area contributed by atoms with Crippen molar-refractivity contribution in [1.82, 2.24) is 14.4 Å². The average molecular weight is 519 g/mol. The Labute approximate surface area is 219 Å². The van der Waals surface area contributed by atoms with Gasteiger partial charge in [0.25, 0.3) is 0 Å². The fourth-order valence-electron chi connectivity index (χ4n) is 5.28. The molecule has 6 rings (SSSR count). The molecule has 2 amide bonds. The largest absolute Gasteiger partial charge is 0.495 e. The van der Waals surface area contributed by atoms with Crippen molar-refractivity contribution in [3.63, 3.8) is 0 Å². The second kappa shape index (κ2) is 9.32. The third-order valence-electron chi connectivity index (χ3n) is 7.05. The molecule has 2 aliphatic rings. The molecule has 0 saturated heterocycles. The van der Waals surface area contributed by atoms with E-state index in [2.05, 4.69) is 40.2 Å². The molecule has 1 N–H and O–H groups in total. The highest BCUT2D eigenvalue weighted by atomic mass is 35.5. The minimum absolute atomic E-state index is 0.173. The topological polar surface area (TPSA) is 49.7 Å². The SMILES string of the molecule is COc1ccccc1NC(=O)N1Cc2c(sc3c2CCN(C)C3)-n2cccc2[C@H]1c1ccc(Cl)cc1. The first-order chi connectivity index (χ1) is 17.5. The van der Waals surface area contributed by atoms with Gasteiger partial charge in [0.1, 0.15) is 10.8 Å². The van der Waals surface area contributed by atoms with E-state index in [9.17, 15) is 4.79 Å². The van der Waals surface area contributed by atoms with Crippen LogP contribution in [0, 0.1) is 0 Å². The highest BCUT2D eigenvalue weighted by Gasteiger charge is 2.36. The molecule has 2 aromatic carbocycles. The zero-order chi connectivity index (χ0) is 24.8. The number of para-hydroxylation sites is 2. The van der Waals surface area contributed by atoms with Gasteiger partial charge >= 0.3 is 6.03 Å². The van der Waals surface area contributed by atoms with Crippen LogP contribution >= 0.6 is 22.9 Å². The summed E-state index contributed by atoms with van der Waals surface area (Å²) in [5, 5.41) is 5.01. The number of hydrogen-bond donors (Lipinski definition) is 1. The fourth-order valence-corrected chi connectivity index (χ4v) is 6.85. The molecule has 2 aliphatic heterocycles. The van der Waals surface area contributed by atoms with Gasteiger partial charge in [-0.1, -0.05) is 35.9 Å². The predicted molar refractivity (Wildman–Crippen MR) is 145 cm³/mol. The van der Waals surface area contributed by atoms with Crippen molar-refractivity contribution >= 4 is 34.7 Å².